The van der Waals surface area contributed by atoms with E-state index in [0.29, 0.717) is 32.5 Å². The lowest BCUT2D eigenvalue weighted by Gasteiger charge is -2.37. The monoisotopic (exact) mass is 338 g/mol. The van der Waals surface area contributed by atoms with Gasteiger partial charge in [0.2, 0.25) is 0 Å². The molecule has 1 unspecified atom stereocenters. The van der Waals surface area contributed by atoms with Gasteiger partial charge in [0, 0.05) is 31.7 Å². The van der Waals surface area contributed by atoms with E-state index in [4.69, 9.17) is 4.74 Å². The number of aldehydes is 1. The lowest BCUT2D eigenvalue weighted by atomic mass is 10.1. The van der Waals surface area contributed by atoms with Gasteiger partial charge in [-0.15, -0.1) is 0 Å². The van der Waals surface area contributed by atoms with Gasteiger partial charge in [0.1, 0.15) is 17.6 Å². The van der Waals surface area contributed by atoms with Crippen molar-refractivity contribution in [2.24, 2.45) is 0 Å². The molecule has 1 heterocycles. The zero-order valence-corrected chi connectivity index (χ0v) is 14.2. The Morgan fingerprint density at radius 1 is 1.29 bits per heavy atom. The predicted octanol–water partition coefficient (Wildman–Crippen LogP) is 2.18. The third kappa shape index (κ3) is 4.30. The average molecular weight is 338 g/mol. The Balaban J connectivity index is 1.99. The van der Waals surface area contributed by atoms with E-state index >= 15 is 0 Å². The fraction of sp³-hybridized carbons (Fsp3) is 0.529. The quantitative estimate of drug-likeness (QED) is 0.856. The van der Waals surface area contributed by atoms with Gasteiger partial charge >= 0.3 is 6.09 Å². The first-order valence-electron chi connectivity index (χ1n) is 7.86. The highest BCUT2D eigenvalue weighted by atomic mass is 19.1. The highest BCUT2D eigenvalue weighted by molar-refractivity contribution is 5.75. The number of hydrogen-bond donors (Lipinski definition) is 1. The first-order chi connectivity index (χ1) is 11.2. The molecule has 1 aliphatic rings. The van der Waals surface area contributed by atoms with Gasteiger partial charge in [-0.1, -0.05) is 12.1 Å². The minimum Gasteiger partial charge on any atom is -0.444 e. The van der Waals surface area contributed by atoms with Crippen LogP contribution in [0.2, 0.25) is 0 Å². The highest BCUT2D eigenvalue weighted by Gasteiger charge is 2.29. The van der Waals surface area contributed by atoms with Crippen molar-refractivity contribution in [1.29, 1.82) is 0 Å². The van der Waals surface area contributed by atoms with Crippen LogP contribution >= 0.6 is 0 Å². The Morgan fingerprint density at radius 3 is 2.46 bits per heavy atom. The summed E-state index contributed by atoms with van der Waals surface area (Å²) >= 11 is 0. The largest absolute Gasteiger partial charge is 0.444 e. The Hall–Kier alpha value is -1.99. The lowest BCUT2D eigenvalue weighted by Crippen LogP contribution is -2.50. The molecule has 1 atom stereocenters. The zero-order chi connectivity index (χ0) is 17.9. The molecule has 1 aromatic carbocycles. The van der Waals surface area contributed by atoms with Crippen LogP contribution in [0.3, 0.4) is 0 Å². The second-order valence-corrected chi connectivity index (χ2v) is 6.75. The van der Waals surface area contributed by atoms with E-state index in [1.165, 1.54) is 18.2 Å². The van der Waals surface area contributed by atoms with Crippen molar-refractivity contribution in [3.8, 4) is 0 Å². The van der Waals surface area contributed by atoms with Crippen LogP contribution in [0.4, 0.5) is 9.18 Å². The molecule has 1 aromatic rings. The number of rotatable bonds is 3. The molecule has 1 saturated heterocycles. The van der Waals surface area contributed by atoms with Gasteiger partial charge in [0.15, 0.2) is 6.29 Å². The molecular weight excluding hydrogens is 315 g/mol. The number of aliphatic hydroxyl groups excluding tert-OH is 1. The molecule has 0 radical (unpaired) electrons. The number of aliphatic hydroxyl groups is 1. The number of amides is 1. The van der Waals surface area contributed by atoms with Gasteiger partial charge in [-0.25, -0.2) is 9.18 Å². The Morgan fingerprint density at radius 2 is 1.92 bits per heavy atom. The molecule has 0 saturated carbocycles. The molecule has 6 nitrogen and oxygen atoms in total. The molecule has 0 spiro atoms. The Bertz CT molecular complexity index is 607. The molecule has 1 fully saturated rings. The van der Waals surface area contributed by atoms with Crippen molar-refractivity contribution < 1.29 is 23.8 Å². The normalized spacial score (nSPS) is 17.5. The van der Waals surface area contributed by atoms with Crippen molar-refractivity contribution in [2.45, 2.75) is 32.6 Å². The van der Waals surface area contributed by atoms with Gasteiger partial charge in [0.05, 0.1) is 5.56 Å². The third-order valence-electron chi connectivity index (χ3n) is 3.78. The summed E-state index contributed by atoms with van der Waals surface area (Å²) in [5.74, 6) is -0.713. The minimum atomic E-state index is -1.16. The van der Waals surface area contributed by atoms with E-state index in [0.717, 1.165) is 0 Å². The van der Waals surface area contributed by atoms with Gasteiger partial charge in [-0.05, 0) is 26.8 Å². The van der Waals surface area contributed by atoms with E-state index < -0.39 is 23.7 Å². The van der Waals surface area contributed by atoms with Gasteiger partial charge in [-0.2, -0.15) is 0 Å². The molecule has 1 aliphatic heterocycles. The molecule has 132 valence electrons. The zero-order valence-electron chi connectivity index (χ0n) is 14.2. The maximum Gasteiger partial charge on any atom is 0.410 e. The standard InChI is InChI=1S/C17H23FN2O4/c1-17(2,3)24-16(23)20-9-7-19(8-10-20)15(22)13-6-4-5-12(11-21)14(13)18/h4-6,11,15,22H,7-10H2,1-3H3. The summed E-state index contributed by atoms with van der Waals surface area (Å²) in [6.07, 6.45) is -1.14. The number of piperazine rings is 1. The van der Waals surface area contributed by atoms with E-state index in [2.05, 4.69) is 0 Å². The number of benzene rings is 1. The summed E-state index contributed by atoms with van der Waals surface area (Å²) in [5, 5.41) is 10.4. The van der Waals surface area contributed by atoms with E-state index in [1.54, 1.807) is 30.6 Å². The number of nitrogens with zero attached hydrogens (tertiary/aromatic N) is 2. The fourth-order valence-electron chi connectivity index (χ4n) is 2.53. The number of hydrogen-bond acceptors (Lipinski definition) is 5. The van der Waals surface area contributed by atoms with Gasteiger partial charge < -0.3 is 14.7 Å². The van der Waals surface area contributed by atoms with Crippen molar-refractivity contribution in [2.75, 3.05) is 26.2 Å². The van der Waals surface area contributed by atoms with Crippen molar-refractivity contribution in [3.05, 3.63) is 35.1 Å². The summed E-state index contributed by atoms with van der Waals surface area (Å²) in [4.78, 5) is 26.1. The number of carbonyl (C=O) groups is 2. The molecule has 0 aromatic heterocycles. The summed E-state index contributed by atoms with van der Waals surface area (Å²) in [6.45, 7) is 6.91. The highest BCUT2D eigenvalue weighted by Crippen LogP contribution is 2.24. The third-order valence-corrected chi connectivity index (χ3v) is 3.78. The molecule has 24 heavy (non-hydrogen) atoms. The van der Waals surface area contributed by atoms with Crippen LogP contribution in [0.25, 0.3) is 0 Å². The minimum absolute atomic E-state index is 0.0605. The number of ether oxygens (including phenoxy) is 1. The van der Waals surface area contributed by atoms with Crippen LogP contribution in [0.1, 0.15) is 42.9 Å². The molecule has 0 bridgehead atoms. The molecule has 2 rings (SSSR count). The Kier molecular flexibility index (Phi) is 5.56. The molecule has 1 amide bonds. The SMILES string of the molecule is CC(C)(C)OC(=O)N1CCN(C(O)c2cccc(C=O)c2F)CC1. The maximum absolute atomic E-state index is 14.2. The van der Waals surface area contributed by atoms with Crippen molar-refractivity contribution >= 4 is 12.4 Å². The average Bonchev–Trinajstić information content (AvgIpc) is 2.53. The molecule has 7 heteroatoms. The Labute approximate surface area is 140 Å². The van der Waals surface area contributed by atoms with Crippen LogP contribution in [0.5, 0.6) is 0 Å². The maximum atomic E-state index is 14.2. The lowest BCUT2D eigenvalue weighted by molar-refractivity contribution is -0.0369. The first kappa shape index (κ1) is 18.4. The summed E-state index contributed by atoms with van der Waals surface area (Å²) in [6, 6.07) is 4.34. The van der Waals surface area contributed by atoms with Gasteiger partial charge in [0.25, 0.3) is 0 Å². The van der Waals surface area contributed by atoms with Crippen LogP contribution < -0.4 is 0 Å². The summed E-state index contributed by atoms with van der Waals surface area (Å²) in [7, 11) is 0. The first-order valence-corrected chi connectivity index (χ1v) is 7.86. The number of halogens is 1. The second-order valence-electron chi connectivity index (χ2n) is 6.75. The van der Waals surface area contributed by atoms with Crippen LogP contribution in [-0.4, -0.2) is 59.1 Å². The van der Waals surface area contributed by atoms with Crippen LogP contribution in [0.15, 0.2) is 18.2 Å². The molecular formula is C17H23FN2O4. The van der Waals surface area contributed by atoms with E-state index in [9.17, 15) is 19.1 Å². The van der Waals surface area contributed by atoms with Crippen LogP contribution in [-0.2, 0) is 4.74 Å². The van der Waals surface area contributed by atoms with E-state index in [1.807, 2.05) is 0 Å². The summed E-state index contributed by atoms with van der Waals surface area (Å²) < 4.78 is 19.5. The van der Waals surface area contributed by atoms with Crippen molar-refractivity contribution in [3.63, 3.8) is 0 Å². The van der Waals surface area contributed by atoms with E-state index in [-0.39, 0.29) is 11.1 Å². The molecule has 0 aliphatic carbocycles. The topological polar surface area (TPSA) is 70.1 Å². The smallest absolute Gasteiger partial charge is 0.410 e. The van der Waals surface area contributed by atoms with Gasteiger partial charge in [-0.3, -0.25) is 9.69 Å². The molecule has 1 N–H and O–H groups in total. The fourth-order valence-corrected chi connectivity index (χ4v) is 2.53. The second kappa shape index (κ2) is 7.27. The van der Waals surface area contributed by atoms with Crippen molar-refractivity contribution in [1.82, 2.24) is 9.80 Å². The predicted molar refractivity (Wildman–Crippen MR) is 86.1 cm³/mol. The summed E-state index contributed by atoms with van der Waals surface area (Å²) in [5.41, 5.74) is -0.587. The van der Waals surface area contributed by atoms with Crippen LogP contribution in [0, 0.1) is 5.82 Å². The number of carbonyl (C=O) groups excluding carboxylic acids is 2.